The van der Waals surface area contributed by atoms with Crippen LogP contribution in [0.15, 0.2) is 16.6 Å². The maximum atomic E-state index is 12.6. The summed E-state index contributed by atoms with van der Waals surface area (Å²) in [7, 11) is 0. The summed E-state index contributed by atoms with van der Waals surface area (Å²) in [6, 6.07) is 1.82. The lowest BCUT2D eigenvalue weighted by atomic mass is 10.00. The summed E-state index contributed by atoms with van der Waals surface area (Å²) in [6.45, 7) is -0.620. The smallest absolute Gasteiger partial charge is 0.326 e. The number of halogens is 7. The second kappa shape index (κ2) is 4.49. The predicted molar refractivity (Wildman–Crippen MR) is 52.0 cm³/mol. The van der Waals surface area contributed by atoms with Crippen LogP contribution >= 0.6 is 15.9 Å². The van der Waals surface area contributed by atoms with Gasteiger partial charge in [0, 0.05) is 11.0 Å². The molecule has 0 saturated carbocycles. The van der Waals surface area contributed by atoms with E-state index in [9.17, 15) is 26.3 Å². The summed E-state index contributed by atoms with van der Waals surface area (Å²) in [6.07, 6.45) is -10.2. The molecule has 0 bridgehead atoms. The number of hydrogen-bond acceptors (Lipinski definition) is 1. The highest BCUT2D eigenvalue weighted by Gasteiger charge is 2.46. The van der Waals surface area contributed by atoms with Crippen LogP contribution in [-0.2, 0) is 18.9 Å². The number of benzene rings is 1. The first-order valence-corrected chi connectivity index (χ1v) is 5.04. The first kappa shape index (κ1) is 14.3. The Hall–Kier alpha value is -0.760. The molecule has 0 unspecified atom stereocenters. The van der Waals surface area contributed by atoms with Crippen molar-refractivity contribution < 1.29 is 26.3 Å². The molecule has 0 spiro atoms. The van der Waals surface area contributed by atoms with Crippen LogP contribution in [0, 0.1) is 0 Å². The zero-order valence-electron chi connectivity index (χ0n) is 8.08. The first-order chi connectivity index (χ1) is 7.59. The summed E-state index contributed by atoms with van der Waals surface area (Å²) in [5.41, 5.74) is 0.960. The number of alkyl halides is 6. The Labute approximate surface area is 101 Å². The van der Waals surface area contributed by atoms with Crippen LogP contribution in [0.2, 0.25) is 0 Å². The molecule has 17 heavy (non-hydrogen) atoms. The molecule has 0 amide bonds. The van der Waals surface area contributed by atoms with Gasteiger partial charge < -0.3 is 5.73 Å². The van der Waals surface area contributed by atoms with Crippen molar-refractivity contribution in [3.63, 3.8) is 0 Å². The first-order valence-electron chi connectivity index (χ1n) is 4.25. The molecule has 2 N–H and O–H groups in total. The molecule has 0 saturated heterocycles. The second-order valence-corrected chi connectivity index (χ2v) is 4.01. The lowest BCUT2D eigenvalue weighted by molar-refractivity contribution is -0.163. The van der Waals surface area contributed by atoms with E-state index in [1.165, 1.54) is 0 Å². The maximum Gasteiger partial charge on any atom is 0.418 e. The van der Waals surface area contributed by atoms with E-state index in [0.29, 0.717) is 0 Å². The zero-order valence-corrected chi connectivity index (χ0v) is 9.67. The van der Waals surface area contributed by atoms with Gasteiger partial charge in [-0.25, -0.2) is 0 Å². The summed E-state index contributed by atoms with van der Waals surface area (Å²) in [5, 5.41) is 0. The van der Waals surface area contributed by atoms with Crippen molar-refractivity contribution in [3.05, 3.63) is 33.3 Å². The van der Waals surface area contributed by atoms with E-state index in [2.05, 4.69) is 15.9 Å². The predicted octanol–water partition coefficient (Wildman–Crippen LogP) is 3.95. The summed E-state index contributed by atoms with van der Waals surface area (Å²) < 4.78 is 75.0. The van der Waals surface area contributed by atoms with Gasteiger partial charge in [0.2, 0.25) is 0 Å². The second-order valence-electron chi connectivity index (χ2n) is 3.16. The minimum Gasteiger partial charge on any atom is -0.326 e. The summed E-state index contributed by atoms with van der Waals surface area (Å²) >= 11 is 2.48. The SMILES string of the molecule is NCc1ccc(Br)c(C(F)(F)F)c1C(F)(F)F. The van der Waals surface area contributed by atoms with Crippen molar-refractivity contribution in [3.8, 4) is 0 Å². The van der Waals surface area contributed by atoms with E-state index in [1.54, 1.807) is 0 Å². The Balaban J connectivity index is 3.67. The van der Waals surface area contributed by atoms with E-state index >= 15 is 0 Å². The van der Waals surface area contributed by atoms with Crippen molar-refractivity contribution >= 4 is 15.9 Å². The average molecular weight is 322 g/mol. The molecule has 1 aromatic rings. The Kier molecular flexibility index (Phi) is 3.78. The molecule has 1 aromatic carbocycles. The van der Waals surface area contributed by atoms with Crippen LogP contribution in [0.1, 0.15) is 16.7 Å². The van der Waals surface area contributed by atoms with Gasteiger partial charge in [-0.15, -0.1) is 0 Å². The fourth-order valence-electron chi connectivity index (χ4n) is 1.39. The van der Waals surface area contributed by atoms with Gasteiger partial charge >= 0.3 is 12.4 Å². The largest absolute Gasteiger partial charge is 0.418 e. The third-order valence-electron chi connectivity index (χ3n) is 2.03. The molecule has 0 radical (unpaired) electrons. The third kappa shape index (κ3) is 2.92. The van der Waals surface area contributed by atoms with Crippen molar-refractivity contribution in [2.45, 2.75) is 18.9 Å². The van der Waals surface area contributed by atoms with Gasteiger partial charge in [-0.2, -0.15) is 26.3 Å². The standard InChI is InChI=1S/C9H6BrF6N/c10-5-2-1-4(3-17)6(8(11,12)13)7(5)9(14,15)16/h1-2H,3,17H2. The Morgan fingerprint density at radius 3 is 1.76 bits per heavy atom. The lowest BCUT2D eigenvalue weighted by Gasteiger charge is -2.19. The van der Waals surface area contributed by atoms with Crippen molar-refractivity contribution in [2.24, 2.45) is 5.73 Å². The molecule has 1 rings (SSSR count). The van der Waals surface area contributed by atoms with Gasteiger partial charge in [0.05, 0.1) is 11.1 Å². The maximum absolute atomic E-state index is 12.6. The van der Waals surface area contributed by atoms with E-state index in [1.807, 2.05) is 0 Å². The monoisotopic (exact) mass is 321 g/mol. The van der Waals surface area contributed by atoms with Crippen LogP contribution in [0.25, 0.3) is 0 Å². The highest BCUT2D eigenvalue weighted by atomic mass is 79.9. The molecule has 96 valence electrons. The van der Waals surface area contributed by atoms with Crippen molar-refractivity contribution in [2.75, 3.05) is 0 Å². The van der Waals surface area contributed by atoms with E-state index < -0.39 is 40.1 Å². The van der Waals surface area contributed by atoms with Crippen LogP contribution in [0.5, 0.6) is 0 Å². The Morgan fingerprint density at radius 2 is 1.41 bits per heavy atom. The zero-order chi connectivity index (χ0) is 13.4. The number of nitrogens with two attached hydrogens (primary N) is 1. The molecule has 0 aromatic heterocycles. The molecule has 0 atom stereocenters. The van der Waals surface area contributed by atoms with Gasteiger partial charge in [-0.05, 0) is 11.6 Å². The molecule has 8 heteroatoms. The van der Waals surface area contributed by atoms with Crippen LogP contribution in [-0.4, -0.2) is 0 Å². The Bertz CT molecular complexity index is 423. The molecule has 0 aliphatic rings. The summed E-state index contributed by atoms with van der Waals surface area (Å²) in [5.74, 6) is 0. The van der Waals surface area contributed by atoms with E-state index in [-0.39, 0.29) is 0 Å². The van der Waals surface area contributed by atoms with Gasteiger partial charge in [0.25, 0.3) is 0 Å². The highest BCUT2D eigenvalue weighted by Crippen LogP contribution is 2.45. The molecule has 0 aliphatic heterocycles. The van der Waals surface area contributed by atoms with Gasteiger partial charge in [0.1, 0.15) is 0 Å². The molecular formula is C9H6BrF6N. The van der Waals surface area contributed by atoms with Crippen molar-refractivity contribution in [1.29, 1.82) is 0 Å². The number of hydrogen-bond donors (Lipinski definition) is 1. The molecular weight excluding hydrogens is 316 g/mol. The van der Waals surface area contributed by atoms with Crippen molar-refractivity contribution in [1.82, 2.24) is 0 Å². The van der Waals surface area contributed by atoms with Gasteiger partial charge in [0.15, 0.2) is 0 Å². The topological polar surface area (TPSA) is 26.0 Å². The molecule has 0 aliphatic carbocycles. The third-order valence-corrected chi connectivity index (χ3v) is 2.69. The highest BCUT2D eigenvalue weighted by molar-refractivity contribution is 9.10. The fourth-order valence-corrected chi connectivity index (χ4v) is 1.95. The molecule has 1 nitrogen and oxygen atoms in total. The Morgan fingerprint density at radius 1 is 0.941 bits per heavy atom. The van der Waals surface area contributed by atoms with E-state index in [4.69, 9.17) is 5.73 Å². The number of rotatable bonds is 1. The minimum absolute atomic E-state index is 0.590. The summed E-state index contributed by atoms with van der Waals surface area (Å²) in [4.78, 5) is 0. The molecule has 0 fully saturated rings. The fraction of sp³-hybridized carbons (Fsp3) is 0.333. The minimum atomic E-state index is -5.11. The molecule has 0 heterocycles. The van der Waals surface area contributed by atoms with Gasteiger partial charge in [-0.3, -0.25) is 0 Å². The van der Waals surface area contributed by atoms with Gasteiger partial charge in [-0.1, -0.05) is 22.0 Å². The lowest BCUT2D eigenvalue weighted by Crippen LogP contribution is -2.21. The van der Waals surface area contributed by atoms with Crippen LogP contribution < -0.4 is 5.73 Å². The quantitative estimate of drug-likeness (QED) is 0.779. The van der Waals surface area contributed by atoms with Crippen LogP contribution in [0.4, 0.5) is 26.3 Å². The normalized spacial score (nSPS) is 12.9. The van der Waals surface area contributed by atoms with Crippen LogP contribution in [0.3, 0.4) is 0 Å². The average Bonchev–Trinajstić information content (AvgIpc) is 2.13. The van der Waals surface area contributed by atoms with E-state index in [0.717, 1.165) is 12.1 Å².